The summed E-state index contributed by atoms with van der Waals surface area (Å²) in [6.07, 6.45) is 3.51. The summed E-state index contributed by atoms with van der Waals surface area (Å²) >= 11 is 5.90. The minimum Gasteiger partial charge on any atom is -0.507 e. The average Bonchev–Trinajstić information content (AvgIpc) is 2.65. The summed E-state index contributed by atoms with van der Waals surface area (Å²) < 4.78 is 5.15. The van der Waals surface area contributed by atoms with Gasteiger partial charge in [0.2, 0.25) is 0 Å². The summed E-state index contributed by atoms with van der Waals surface area (Å²) in [4.78, 5) is 22.8. The van der Waals surface area contributed by atoms with E-state index in [1.54, 1.807) is 43.3 Å². The first-order valence-electron chi connectivity index (χ1n) is 8.37. The van der Waals surface area contributed by atoms with Gasteiger partial charge in [-0.3, -0.25) is 10.1 Å². The number of rotatable bonds is 5. The predicted octanol–water partition coefficient (Wildman–Crippen LogP) is 5.06. The van der Waals surface area contributed by atoms with Crippen molar-refractivity contribution in [1.29, 1.82) is 0 Å². The normalized spacial score (nSPS) is 12.2. The van der Waals surface area contributed by atoms with Crippen LogP contribution in [0, 0.1) is 17.0 Å². The Labute approximate surface area is 165 Å². The number of hydrogen-bond donors (Lipinski definition) is 1. The largest absolute Gasteiger partial charge is 0.507 e. The van der Waals surface area contributed by atoms with E-state index in [0.717, 1.165) is 5.56 Å². The van der Waals surface area contributed by atoms with Crippen molar-refractivity contribution in [1.82, 2.24) is 0 Å². The molecule has 142 valence electrons. The van der Waals surface area contributed by atoms with Crippen LogP contribution in [-0.2, 0) is 0 Å². The molecule has 0 saturated heterocycles. The first-order chi connectivity index (χ1) is 13.3. The van der Waals surface area contributed by atoms with Crippen molar-refractivity contribution in [2.75, 3.05) is 0 Å². The molecule has 7 heteroatoms. The SMILES string of the molecule is Cc1cc(O)c(C(/C=C/c2ccc(Cl)cc2)c2ccc([N+](=O)[O-])cc2)c(=O)o1. The van der Waals surface area contributed by atoms with E-state index in [-0.39, 0.29) is 22.8 Å². The number of nitro benzene ring substituents is 1. The molecule has 0 spiro atoms. The van der Waals surface area contributed by atoms with Crippen LogP contribution in [0.2, 0.25) is 5.02 Å². The molecule has 1 unspecified atom stereocenters. The lowest BCUT2D eigenvalue weighted by molar-refractivity contribution is -0.384. The van der Waals surface area contributed by atoms with Gasteiger partial charge in [0, 0.05) is 29.1 Å². The number of aromatic hydroxyl groups is 1. The summed E-state index contributed by atoms with van der Waals surface area (Å²) in [5.74, 6) is -0.568. The fourth-order valence-corrected chi connectivity index (χ4v) is 2.98. The standard InChI is InChI=1S/C21H16ClNO5/c1-13-12-19(24)20(21(25)28-13)18(11-4-14-2-7-16(22)8-3-14)15-5-9-17(10-6-15)23(26)27/h2-12,18,24H,1H3/b11-4+. The van der Waals surface area contributed by atoms with Gasteiger partial charge in [-0.05, 0) is 30.2 Å². The Kier molecular flexibility index (Phi) is 5.61. The van der Waals surface area contributed by atoms with Crippen molar-refractivity contribution in [2.45, 2.75) is 12.8 Å². The molecule has 1 atom stereocenters. The number of halogens is 1. The van der Waals surface area contributed by atoms with Crippen LogP contribution in [0.5, 0.6) is 5.75 Å². The molecule has 0 bridgehead atoms. The highest BCUT2D eigenvalue weighted by molar-refractivity contribution is 6.30. The van der Waals surface area contributed by atoms with Crippen LogP contribution >= 0.6 is 11.6 Å². The molecule has 1 heterocycles. The Hall–Kier alpha value is -3.38. The van der Waals surface area contributed by atoms with Crippen LogP contribution < -0.4 is 5.63 Å². The number of nitrogens with zero attached hydrogens (tertiary/aromatic N) is 1. The predicted molar refractivity (Wildman–Crippen MR) is 107 cm³/mol. The molecule has 0 radical (unpaired) electrons. The van der Waals surface area contributed by atoms with E-state index in [1.165, 1.54) is 18.2 Å². The second kappa shape index (κ2) is 8.10. The van der Waals surface area contributed by atoms with E-state index in [9.17, 15) is 20.0 Å². The van der Waals surface area contributed by atoms with E-state index in [0.29, 0.717) is 10.6 Å². The molecule has 28 heavy (non-hydrogen) atoms. The van der Waals surface area contributed by atoms with Gasteiger partial charge < -0.3 is 9.52 Å². The van der Waals surface area contributed by atoms with E-state index in [4.69, 9.17) is 16.0 Å². The molecule has 0 amide bonds. The monoisotopic (exact) mass is 397 g/mol. The number of hydrogen-bond acceptors (Lipinski definition) is 5. The molecule has 0 fully saturated rings. The van der Waals surface area contributed by atoms with E-state index in [1.807, 2.05) is 12.1 Å². The van der Waals surface area contributed by atoms with Crippen LogP contribution in [0.3, 0.4) is 0 Å². The lowest BCUT2D eigenvalue weighted by atomic mass is 9.90. The van der Waals surface area contributed by atoms with Crippen molar-refractivity contribution in [3.05, 3.63) is 109 Å². The Balaban J connectivity index is 2.09. The van der Waals surface area contributed by atoms with E-state index >= 15 is 0 Å². The molecule has 0 aliphatic heterocycles. The van der Waals surface area contributed by atoms with Gasteiger partial charge in [0.05, 0.1) is 10.5 Å². The molecule has 3 rings (SSSR count). The quantitative estimate of drug-likeness (QED) is 0.479. The molecule has 0 aliphatic carbocycles. The number of non-ortho nitro benzene ring substituents is 1. The van der Waals surface area contributed by atoms with Gasteiger partial charge in [-0.15, -0.1) is 0 Å². The van der Waals surface area contributed by atoms with Crippen molar-refractivity contribution >= 4 is 23.4 Å². The van der Waals surface area contributed by atoms with Crippen LogP contribution in [0.4, 0.5) is 5.69 Å². The second-order valence-electron chi connectivity index (χ2n) is 6.18. The van der Waals surface area contributed by atoms with Crippen molar-refractivity contribution < 1.29 is 14.4 Å². The highest BCUT2D eigenvalue weighted by Gasteiger charge is 2.21. The summed E-state index contributed by atoms with van der Waals surface area (Å²) in [5.41, 5.74) is 0.769. The van der Waals surface area contributed by atoms with Crippen molar-refractivity contribution in [2.24, 2.45) is 0 Å². The van der Waals surface area contributed by atoms with Crippen molar-refractivity contribution in [3.63, 3.8) is 0 Å². The maximum Gasteiger partial charge on any atom is 0.343 e. The Bertz CT molecular complexity index is 1090. The smallest absolute Gasteiger partial charge is 0.343 e. The minimum atomic E-state index is -0.665. The first-order valence-corrected chi connectivity index (χ1v) is 8.74. The molecule has 1 N–H and O–H groups in total. The first kappa shape index (κ1) is 19.4. The van der Waals surface area contributed by atoms with Crippen LogP contribution in [0.1, 0.15) is 28.4 Å². The maximum absolute atomic E-state index is 12.4. The van der Waals surface area contributed by atoms with Crippen LogP contribution in [-0.4, -0.2) is 10.0 Å². The third-order valence-corrected chi connectivity index (χ3v) is 4.47. The van der Waals surface area contributed by atoms with Gasteiger partial charge in [0.15, 0.2) is 0 Å². The fourth-order valence-electron chi connectivity index (χ4n) is 2.85. The summed E-state index contributed by atoms with van der Waals surface area (Å²) in [7, 11) is 0. The van der Waals surface area contributed by atoms with Crippen LogP contribution in [0.25, 0.3) is 6.08 Å². The summed E-state index contributed by atoms with van der Waals surface area (Å²) in [6.45, 7) is 1.56. The molecule has 3 aromatic rings. The number of allylic oxidation sites excluding steroid dienone is 1. The minimum absolute atomic E-state index is 0.0599. The average molecular weight is 398 g/mol. The topological polar surface area (TPSA) is 93.6 Å². The van der Waals surface area contributed by atoms with Gasteiger partial charge in [-0.1, -0.05) is 48.0 Å². The molecule has 0 saturated carbocycles. The van der Waals surface area contributed by atoms with Gasteiger partial charge in [-0.2, -0.15) is 0 Å². The number of nitro groups is 1. The Morgan fingerprint density at radius 1 is 1.14 bits per heavy atom. The van der Waals surface area contributed by atoms with Gasteiger partial charge in [-0.25, -0.2) is 4.79 Å². The maximum atomic E-state index is 12.4. The molecule has 0 aliphatic rings. The second-order valence-corrected chi connectivity index (χ2v) is 6.62. The molecule has 2 aromatic carbocycles. The van der Waals surface area contributed by atoms with Crippen molar-refractivity contribution in [3.8, 4) is 5.75 Å². The Morgan fingerprint density at radius 3 is 2.36 bits per heavy atom. The fraction of sp³-hybridized carbons (Fsp3) is 0.0952. The number of aryl methyl sites for hydroxylation is 1. The highest BCUT2D eigenvalue weighted by Crippen LogP contribution is 2.32. The zero-order valence-electron chi connectivity index (χ0n) is 14.8. The molecular formula is C21H16ClNO5. The Morgan fingerprint density at radius 2 is 1.79 bits per heavy atom. The molecular weight excluding hydrogens is 382 g/mol. The number of benzene rings is 2. The van der Waals surface area contributed by atoms with E-state index in [2.05, 4.69) is 0 Å². The third kappa shape index (κ3) is 4.29. The summed E-state index contributed by atoms with van der Waals surface area (Å²) in [5, 5.41) is 21.9. The lowest BCUT2D eigenvalue weighted by Crippen LogP contribution is -2.13. The van der Waals surface area contributed by atoms with Crippen LogP contribution in [0.15, 0.2) is 69.9 Å². The molecule has 6 nitrogen and oxygen atoms in total. The van der Waals surface area contributed by atoms with Gasteiger partial charge >= 0.3 is 5.63 Å². The highest BCUT2D eigenvalue weighted by atomic mass is 35.5. The zero-order valence-corrected chi connectivity index (χ0v) is 15.6. The third-order valence-electron chi connectivity index (χ3n) is 4.21. The van der Waals surface area contributed by atoms with Gasteiger partial charge in [0.25, 0.3) is 5.69 Å². The lowest BCUT2D eigenvalue weighted by Gasteiger charge is -2.14. The van der Waals surface area contributed by atoms with Gasteiger partial charge in [0.1, 0.15) is 11.5 Å². The summed E-state index contributed by atoms with van der Waals surface area (Å²) in [6, 6.07) is 14.3. The molecule has 1 aromatic heterocycles. The zero-order chi connectivity index (χ0) is 20.3. The van der Waals surface area contributed by atoms with E-state index < -0.39 is 16.5 Å².